The standard InChI is InChI=1S/C12H8F2N2O/c13-9-5-10(14)7-11(6-9)16-12(17)8-1-3-15-4-2-8/h1-7H,(H,16,17). The molecule has 0 saturated heterocycles. The smallest absolute Gasteiger partial charge is 0.255 e. The van der Waals surface area contributed by atoms with Gasteiger partial charge in [0.15, 0.2) is 0 Å². The Morgan fingerprint density at radius 2 is 1.65 bits per heavy atom. The van der Waals surface area contributed by atoms with Crippen molar-refractivity contribution in [1.29, 1.82) is 0 Å². The van der Waals surface area contributed by atoms with Crippen molar-refractivity contribution in [2.75, 3.05) is 5.32 Å². The van der Waals surface area contributed by atoms with E-state index in [0.717, 1.165) is 18.2 Å². The van der Waals surface area contributed by atoms with Crippen LogP contribution >= 0.6 is 0 Å². The van der Waals surface area contributed by atoms with Gasteiger partial charge in [-0.1, -0.05) is 0 Å². The van der Waals surface area contributed by atoms with Gasteiger partial charge < -0.3 is 5.32 Å². The van der Waals surface area contributed by atoms with E-state index in [1.807, 2.05) is 0 Å². The number of aromatic nitrogens is 1. The molecule has 1 aromatic carbocycles. The number of pyridine rings is 1. The highest BCUT2D eigenvalue weighted by atomic mass is 19.1. The van der Waals surface area contributed by atoms with Gasteiger partial charge in [-0.25, -0.2) is 8.78 Å². The quantitative estimate of drug-likeness (QED) is 0.867. The van der Waals surface area contributed by atoms with Gasteiger partial charge in [0, 0.05) is 29.7 Å². The molecule has 3 nitrogen and oxygen atoms in total. The Balaban J connectivity index is 2.19. The van der Waals surface area contributed by atoms with E-state index in [9.17, 15) is 13.6 Å². The van der Waals surface area contributed by atoms with Crippen LogP contribution in [0.15, 0.2) is 42.7 Å². The van der Waals surface area contributed by atoms with Gasteiger partial charge in [-0.2, -0.15) is 0 Å². The van der Waals surface area contributed by atoms with Gasteiger partial charge in [-0.05, 0) is 24.3 Å². The summed E-state index contributed by atoms with van der Waals surface area (Å²) in [4.78, 5) is 15.4. The fourth-order valence-electron chi connectivity index (χ4n) is 1.33. The van der Waals surface area contributed by atoms with Crippen LogP contribution in [0.5, 0.6) is 0 Å². The molecule has 0 aliphatic rings. The normalized spacial score (nSPS) is 10.0. The van der Waals surface area contributed by atoms with Gasteiger partial charge in [0.25, 0.3) is 5.91 Å². The minimum Gasteiger partial charge on any atom is -0.322 e. The van der Waals surface area contributed by atoms with Crippen LogP contribution in [0, 0.1) is 11.6 Å². The third kappa shape index (κ3) is 2.84. The molecule has 0 unspecified atom stereocenters. The predicted molar refractivity (Wildman–Crippen MR) is 58.5 cm³/mol. The highest BCUT2D eigenvalue weighted by molar-refractivity contribution is 6.04. The van der Waals surface area contributed by atoms with E-state index in [2.05, 4.69) is 10.3 Å². The Kier molecular flexibility index (Phi) is 3.09. The number of benzene rings is 1. The van der Waals surface area contributed by atoms with E-state index >= 15 is 0 Å². The van der Waals surface area contributed by atoms with Gasteiger partial charge in [0.05, 0.1) is 0 Å². The number of hydrogen-bond donors (Lipinski definition) is 1. The number of amides is 1. The lowest BCUT2D eigenvalue weighted by Crippen LogP contribution is -2.12. The lowest BCUT2D eigenvalue weighted by Gasteiger charge is -2.05. The minimum atomic E-state index is -0.741. The Labute approximate surface area is 96.1 Å². The second-order valence-electron chi connectivity index (χ2n) is 3.35. The number of nitrogens with zero attached hydrogens (tertiary/aromatic N) is 1. The summed E-state index contributed by atoms with van der Waals surface area (Å²) in [6.07, 6.45) is 2.92. The van der Waals surface area contributed by atoms with Crippen LogP contribution in [-0.4, -0.2) is 10.9 Å². The molecule has 0 fully saturated rings. The Hall–Kier alpha value is -2.30. The average Bonchev–Trinajstić information content (AvgIpc) is 2.28. The predicted octanol–water partition coefficient (Wildman–Crippen LogP) is 2.61. The van der Waals surface area contributed by atoms with Gasteiger partial charge in [0.2, 0.25) is 0 Å². The number of halogens is 2. The monoisotopic (exact) mass is 234 g/mol. The number of carbonyl (C=O) groups excluding carboxylic acids is 1. The Morgan fingerprint density at radius 3 is 2.24 bits per heavy atom. The van der Waals surface area contributed by atoms with Crippen LogP contribution in [0.4, 0.5) is 14.5 Å². The lowest BCUT2D eigenvalue weighted by atomic mass is 10.2. The molecule has 0 aliphatic carbocycles. The summed E-state index contributed by atoms with van der Waals surface area (Å²) in [5.41, 5.74) is 0.439. The van der Waals surface area contributed by atoms with Gasteiger partial charge >= 0.3 is 0 Å². The topological polar surface area (TPSA) is 42.0 Å². The summed E-state index contributed by atoms with van der Waals surface area (Å²) in [6.45, 7) is 0. The maximum atomic E-state index is 12.9. The lowest BCUT2D eigenvalue weighted by molar-refractivity contribution is 0.102. The molecule has 0 aliphatic heterocycles. The molecule has 0 bridgehead atoms. The van der Waals surface area contributed by atoms with E-state index in [1.165, 1.54) is 24.5 Å². The number of carbonyl (C=O) groups is 1. The average molecular weight is 234 g/mol. The van der Waals surface area contributed by atoms with Gasteiger partial charge in [-0.15, -0.1) is 0 Å². The number of nitrogens with one attached hydrogen (secondary N) is 1. The molecule has 1 N–H and O–H groups in total. The molecule has 1 aromatic heterocycles. The van der Waals surface area contributed by atoms with Crippen LogP contribution in [-0.2, 0) is 0 Å². The number of anilines is 1. The molecule has 2 aromatic rings. The Morgan fingerprint density at radius 1 is 1.06 bits per heavy atom. The molecule has 1 amide bonds. The summed E-state index contributed by atoms with van der Waals surface area (Å²) in [5.74, 6) is -1.93. The second kappa shape index (κ2) is 4.69. The molecule has 17 heavy (non-hydrogen) atoms. The fourth-order valence-corrected chi connectivity index (χ4v) is 1.33. The molecule has 1 heterocycles. The zero-order chi connectivity index (χ0) is 12.3. The maximum absolute atomic E-state index is 12.9. The third-order valence-electron chi connectivity index (χ3n) is 2.06. The van der Waals surface area contributed by atoms with Crippen LogP contribution in [0.3, 0.4) is 0 Å². The summed E-state index contributed by atoms with van der Waals surface area (Å²) in [6, 6.07) is 5.84. The SMILES string of the molecule is O=C(Nc1cc(F)cc(F)c1)c1ccncc1. The fraction of sp³-hybridized carbons (Fsp3) is 0. The van der Waals surface area contributed by atoms with Crippen LogP contribution in [0.2, 0.25) is 0 Å². The molecule has 2 rings (SSSR count). The summed E-state index contributed by atoms with van der Waals surface area (Å²) >= 11 is 0. The third-order valence-corrected chi connectivity index (χ3v) is 2.06. The first-order valence-corrected chi connectivity index (χ1v) is 4.82. The van der Waals surface area contributed by atoms with E-state index in [-0.39, 0.29) is 5.69 Å². The van der Waals surface area contributed by atoms with Crippen LogP contribution in [0.1, 0.15) is 10.4 Å². The van der Waals surface area contributed by atoms with Gasteiger partial charge in [0.1, 0.15) is 11.6 Å². The van der Waals surface area contributed by atoms with Gasteiger partial charge in [-0.3, -0.25) is 9.78 Å². The summed E-state index contributed by atoms with van der Waals surface area (Å²) < 4.78 is 25.8. The van der Waals surface area contributed by atoms with Crippen LogP contribution < -0.4 is 5.32 Å². The zero-order valence-corrected chi connectivity index (χ0v) is 8.65. The Bertz CT molecular complexity index is 523. The van der Waals surface area contributed by atoms with Crippen LogP contribution in [0.25, 0.3) is 0 Å². The first-order valence-electron chi connectivity index (χ1n) is 4.82. The first-order chi connectivity index (χ1) is 8.15. The second-order valence-corrected chi connectivity index (χ2v) is 3.35. The van der Waals surface area contributed by atoms with E-state index in [0.29, 0.717) is 5.56 Å². The molecular formula is C12H8F2N2O. The highest BCUT2D eigenvalue weighted by Crippen LogP contribution is 2.13. The largest absolute Gasteiger partial charge is 0.322 e. The van der Waals surface area contributed by atoms with Crippen molar-refractivity contribution >= 4 is 11.6 Å². The van der Waals surface area contributed by atoms with E-state index in [4.69, 9.17) is 0 Å². The highest BCUT2D eigenvalue weighted by Gasteiger charge is 2.07. The maximum Gasteiger partial charge on any atom is 0.255 e. The number of hydrogen-bond acceptors (Lipinski definition) is 2. The molecule has 0 atom stereocenters. The molecule has 86 valence electrons. The molecule has 0 saturated carbocycles. The molecular weight excluding hydrogens is 226 g/mol. The van der Waals surface area contributed by atoms with E-state index < -0.39 is 17.5 Å². The van der Waals surface area contributed by atoms with E-state index in [1.54, 1.807) is 0 Å². The molecule has 5 heteroatoms. The van der Waals surface area contributed by atoms with Crippen molar-refractivity contribution in [2.45, 2.75) is 0 Å². The minimum absolute atomic E-state index is 0.0734. The molecule has 0 radical (unpaired) electrons. The summed E-state index contributed by atoms with van der Waals surface area (Å²) in [5, 5.41) is 2.39. The zero-order valence-electron chi connectivity index (χ0n) is 8.65. The van der Waals surface area contributed by atoms with Crippen molar-refractivity contribution in [3.63, 3.8) is 0 Å². The molecule has 0 spiro atoms. The summed E-state index contributed by atoms with van der Waals surface area (Å²) in [7, 11) is 0. The van der Waals surface area contributed by atoms with Crippen molar-refractivity contribution < 1.29 is 13.6 Å². The van der Waals surface area contributed by atoms with Crippen molar-refractivity contribution in [2.24, 2.45) is 0 Å². The first kappa shape index (κ1) is 11.2. The van der Waals surface area contributed by atoms with Crippen molar-refractivity contribution in [1.82, 2.24) is 4.98 Å². The number of rotatable bonds is 2. The van der Waals surface area contributed by atoms with Crippen molar-refractivity contribution in [3.8, 4) is 0 Å². The van der Waals surface area contributed by atoms with Crippen molar-refractivity contribution in [3.05, 3.63) is 59.9 Å².